The summed E-state index contributed by atoms with van der Waals surface area (Å²) < 4.78 is 1.59. The fourth-order valence-corrected chi connectivity index (χ4v) is 5.05. The van der Waals surface area contributed by atoms with Gasteiger partial charge in [-0.1, -0.05) is 23.7 Å². The zero-order valence-corrected chi connectivity index (χ0v) is 20.8. The van der Waals surface area contributed by atoms with Crippen LogP contribution in [0.5, 0.6) is 0 Å². The molecule has 3 aromatic rings. The zero-order valence-electron chi connectivity index (χ0n) is 19.2. The minimum Gasteiger partial charge on any atom is -0.350 e. The van der Waals surface area contributed by atoms with Crippen LogP contribution in [0.1, 0.15) is 50.5 Å². The molecule has 0 unspecified atom stereocenters. The van der Waals surface area contributed by atoms with Crippen LogP contribution in [-0.2, 0) is 19.4 Å². The van der Waals surface area contributed by atoms with Crippen LogP contribution in [0.3, 0.4) is 0 Å². The first-order chi connectivity index (χ1) is 16.6. The maximum absolute atomic E-state index is 13.9. The van der Waals surface area contributed by atoms with E-state index in [-0.39, 0.29) is 24.2 Å². The molecule has 0 bridgehead atoms. The van der Waals surface area contributed by atoms with Crippen molar-refractivity contribution in [2.24, 2.45) is 5.92 Å². The lowest BCUT2D eigenvalue weighted by atomic mass is 9.98. The van der Waals surface area contributed by atoms with Crippen LogP contribution in [0.4, 0.5) is 5.69 Å². The molecule has 2 amide bonds. The molecule has 3 heterocycles. The van der Waals surface area contributed by atoms with Crippen molar-refractivity contribution >= 4 is 41.5 Å². The third-order valence-electron chi connectivity index (χ3n) is 6.92. The number of hydrogen-bond acceptors (Lipinski definition) is 4. The highest BCUT2D eigenvalue weighted by Crippen LogP contribution is 2.31. The molecule has 1 fully saturated rings. The molecule has 1 aliphatic carbocycles. The van der Waals surface area contributed by atoms with E-state index in [0.29, 0.717) is 53.1 Å². The summed E-state index contributed by atoms with van der Waals surface area (Å²) >= 11 is 6.25. The number of halogens is 2. The monoisotopic (exact) mass is 511 g/mol. The summed E-state index contributed by atoms with van der Waals surface area (Å²) in [6.45, 7) is 2.94. The maximum atomic E-state index is 13.9. The van der Waals surface area contributed by atoms with Gasteiger partial charge in [0.2, 0.25) is 0 Å². The molecule has 1 saturated carbocycles. The van der Waals surface area contributed by atoms with Gasteiger partial charge < -0.3 is 15.5 Å². The van der Waals surface area contributed by atoms with Crippen molar-refractivity contribution in [2.75, 3.05) is 24.5 Å². The Bertz CT molecular complexity index is 1300. The van der Waals surface area contributed by atoms with Crippen LogP contribution in [0.15, 0.2) is 42.5 Å². The van der Waals surface area contributed by atoms with Gasteiger partial charge in [-0.2, -0.15) is 5.10 Å². The minimum atomic E-state index is -0.218. The SMILES string of the molecule is Cl.O=C(NCC1CC1)c1nn(-c2cccc(Cl)c2)c2c1CCN(c1ccc3c(c1)CNCC3)C2=O. The summed E-state index contributed by atoms with van der Waals surface area (Å²) in [6.07, 6.45) is 3.86. The third kappa shape index (κ3) is 4.56. The summed E-state index contributed by atoms with van der Waals surface area (Å²) in [5, 5.41) is 11.6. The predicted octanol–water partition coefficient (Wildman–Crippen LogP) is 3.94. The second-order valence-corrected chi connectivity index (χ2v) is 9.74. The van der Waals surface area contributed by atoms with Crippen LogP contribution >= 0.6 is 24.0 Å². The van der Waals surface area contributed by atoms with Crippen molar-refractivity contribution < 1.29 is 9.59 Å². The summed E-state index contributed by atoms with van der Waals surface area (Å²) in [5.41, 5.74) is 5.55. The molecular formula is C26H27Cl2N5O2. The van der Waals surface area contributed by atoms with Gasteiger partial charge in [-0.15, -0.1) is 12.4 Å². The average Bonchev–Trinajstić information content (AvgIpc) is 3.60. The Morgan fingerprint density at radius 3 is 2.77 bits per heavy atom. The first-order valence-corrected chi connectivity index (χ1v) is 12.3. The van der Waals surface area contributed by atoms with Crippen molar-refractivity contribution in [3.63, 3.8) is 0 Å². The highest BCUT2D eigenvalue weighted by Gasteiger charge is 2.35. The molecular weight excluding hydrogens is 485 g/mol. The van der Waals surface area contributed by atoms with Gasteiger partial charge >= 0.3 is 0 Å². The van der Waals surface area contributed by atoms with E-state index in [2.05, 4.69) is 27.9 Å². The molecule has 0 saturated heterocycles. The van der Waals surface area contributed by atoms with Crippen LogP contribution < -0.4 is 15.5 Å². The first kappa shape index (κ1) is 23.9. The number of carbonyl (C=O) groups excluding carboxylic acids is 2. The zero-order chi connectivity index (χ0) is 23.2. The molecule has 2 aliphatic heterocycles. The molecule has 7 nitrogen and oxygen atoms in total. The lowest BCUT2D eigenvalue weighted by Crippen LogP contribution is -2.39. The third-order valence-corrected chi connectivity index (χ3v) is 7.16. The highest BCUT2D eigenvalue weighted by atomic mass is 35.5. The Balaban J connectivity index is 0.00000253. The van der Waals surface area contributed by atoms with E-state index in [1.165, 1.54) is 11.1 Å². The number of anilines is 1. The van der Waals surface area contributed by atoms with Gasteiger partial charge in [-0.25, -0.2) is 4.68 Å². The molecule has 0 radical (unpaired) electrons. The van der Waals surface area contributed by atoms with Gasteiger partial charge in [0.15, 0.2) is 5.69 Å². The molecule has 2 N–H and O–H groups in total. The molecule has 0 spiro atoms. The molecule has 182 valence electrons. The van der Waals surface area contributed by atoms with Crippen molar-refractivity contribution in [3.05, 3.63) is 75.6 Å². The number of carbonyl (C=O) groups is 2. The molecule has 1 aromatic heterocycles. The van der Waals surface area contributed by atoms with E-state index in [1.54, 1.807) is 21.7 Å². The minimum absolute atomic E-state index is 0. The normalized spacial score (nSPS) is 16.8. The first-order valence-electron chi connectivity index (χ1n) is 11.9. The van der Waals surface area contributed by atoms with Crippen molar-refractivity contribution in [1.29, 1.82) is 0 Å². The lowest BCUT2D eigenvalue weighted by Gasteiger charge is -2.29. The fraction of sp³-hybridized carbons (Fsp3) is 0.346. The van der Waals surface area contributed by atoms with E-state index in [4.69, 9.17) is 11.6 Å². The molecule has 9 heteroatoms. The van der Waals surface area contributed by atoms with E-state index < -0.39 is 0 Å². The molecule has 2 aromatic carbocycles. The van der Waals surface area contributed by atoms with Crippen molar-refractivity contribution in [1.82, 2.24) is 20.4 Å². The Kier molecular flexibility index (Phi) is 6.57. The number of aromatic nitrogens is 2. The fourth-order valence-electron chi connectivity index (χ4n) is 4.86. The summed E-state index contributed by atoms with van der Waals surface area (Å²) in [5.74, 6) is 0.189. The Labute approximate surface area is 215 Å². The van der Waals surface area contributed by atoms with Crippen molar-refractivity contribution in [2.45, 2.75) is 32.2 Å². The number of nitrogens with zero attached hydrogens (tertiary/aromatic N) is 3. The number of benzene rings is 2. The van der Waals surface area contributed by atoms with Gasteiger partial charge in [-0.05, 0) is 79.6 Å². The predicted molar refractivity (Wildman–Crippen MR) is 138 cm³/mol. The van der Waals surface area contributed by atoms with Crippen molar-refractivity contribution in [3.8, 4) is 5.69 Å². The number of fused-ring (bicyclic) bond motifs is 2. The number of amides is 2. The summed E-state index contributed by atoms with van der Waals surface area (Å²) in [4.78, 5) is 28.7. The standard InChI is InChI=1S/C26H26ClN5O2.ClH/c27-19-2-1-3-21(13-19)32-24-22(23(30-32)25(33)29-14-16-4-5-16)9-11-31(26(24)34)20-7-6-17-8-10-28-15-18(17)12-20;/h1-3,6-7,12-13,16,28H,4-5,8-11,14-15H2,(H,29,33);1H. The number of rotatable bonds is 5. The Morgan fingerprint density at radius 1 is 1.11 bits per heavy atom. The van der Waals surface area contributed by atoms with Crippen LogP contribution in [0.2, 0.25) is 5.02 Å². The van der Waals surface area contributed by atoms with Gasteiger partial charge in [-0.3, -0.25) is 9.59 Å². The lowest BCUT2D eigenvalue weighted by molar-refractivity contribution is 0.0945. The maximum Gasteiger partial charge on any atom is 0.277 e. The topological polar surface area (TPSA) is 79.3 Å². The quantitative estimate of drug-likeness (QED) is 0.543. The molecule has 35 heavy (non-hydrogen) atoms. The second-order valence-electron chi connectivity index (χ2n) is 9.31. The molecule has 3 aliphatic rings. The second kappa shape index (κ2) is 9.64. The van der Waals surface area contributed by atoms with E-state index in [9.17, 15) is 9.59 Å². The average molecular weight is 512 g/mol. The van der Waals surface area contributed by atoms with Gasteiger partial charge in [0.25, 0.3) is 11.8 Å². The molecule has 0 atom stereocenters. The summed E-state index contributed by atoms with van der Waals surface area (Å²) in [7, 11) is 0. The summed E-state index contributed by atoms with van der Waals surface area (Å²) in [6, 6.07) is 13.5. The van der Waals surface area contributed by atoms with Gasteiger partial charge in [0, 0.05) is 35.9 Å². The largest absolute Gasteiger partial charge is 0.350 e. The van der Waals surface area contributed by atoms with Gasteiger partial charge in [0.05, 0.1) is 5.69 Å². The van der Waals surface area contributed by atoms with Gasteiger partial charge in [0.1, 0.15) is 5.69 Å². The van der Waals surface area contributed by atoms with E-state index >= 15 is 0 Å². The smallest absolute Gasteiger partial charge is 0.277 e. The highest BCUT2D eigenvalue weighted by molar-refractivity contribution is 6.30. The Hall–Kier alpha value is -2.87. The van der Waals surface area contributed by atoms with Crippen LogP contribution in [-0.4, -0.2) is 41.2 Å². The number of hydrogen-bond donors (Lipinski definition) is 2. The number of nitrogens with one attached hydrogen (secondary N) is 2. The Morgan fingerprint density at radius 2 is 1.97 bits per heavy atom. The molecule has 6 rings (SSSR count). The van der Waals surface area contributed by atoms with Crippen LogP contribution in [0.25, 0.3) is 5.69 Å². The van der Waals surface area contributed by atoms with Crippen LogP contribution in [0, 0.1) is 5.92 Å². The van der Waals surface area contributed by atoms with E-state index in [0.717, 1.165) is 38.0 Å². The van der Waals surface area contributed by atoms with E-state index in [1.807, 2.05) is 18.2 Å².